The first kappa shape index (κ1) is 17.0. The van der Waals surface area contributed by atoms with Gasteiger partial charge in [-0.3, -0.25) is 9.59 Å². The smallest absolute Gasteiger partial charge is 0.241 e. The number of ether oxygens (including phenoxy) is 1. The summed E-state index contributed by atoms with van der Waals surface area (Å²) in [5.74, 6) is 0.00294. The molecule has 0 aliphatic heterocycles. The summed E-state index contributed by atoms with van der Waals surface area (Å²) < 4.78 is 5.20. The van der Waals surface area contributed by atoms with Crippen LogP contribution < -0.4 is 21.1 Å². The molecule has 0 radical (unpaired) electrons. The molecule has 6 heteroatoms. The van der Waals surface area contributed by atoms with Crippen molar-refractivity contribution < 1.29 is 14.3 Å². The molecule has 0 aromatic heterocycles. The summed E-state index contributed by atoms with van der Waals surface area (Å²) >= 11 is 0. The van der Waals surface area contributed by atoms with Crippen molar-refractivity contribution in [2.24, 2.45) is 11.1 Å². The normalized spacial score (nSPS) is 12.5. The van der Waals surface area contributed by atoms with Crippen molar-refractivity contribution in [3.8, 4) is 5.75 Å². The number of nitrogens with two attached hydrogens (primary N) is 1. The quantitative estimate of drug-likeness (QED) is 0.791. The zero-order valence-electron chi connectivity index (χ0n) is 13.1. The van der Waals surface area contributed by atoms with Gasteiger partial charge in [0.1, 0.15) is 5.75 Å². The highest BCUT2D eigenvalue weighted by molar-refractivity contribution is 5.97. The number of carbonyl (C=O) groups excluding carboxylic acids is 2. The fourth-order valence-electron chi connectivity index (χ4n) is 1.69. The minimum Gasteiger partial charge on any atom is -0.495 e. The summed E-state index contributed by atoms with van der Waals surface area (Å²) in [6, 6.07) is 4.34. The van der Waals surface area contributed by atoms with Gasteiger partial charge in [0, 0.05) is 12.6 Å². The maximum absolute atomic E-state index is 12.2. The van der Waals surface area contributed by atoms with Gasteiger partial charge in [0.15, 0.2) is 0 Å². The highest BCUT2D eigenvalue weighted by Crippen LogP contribution is 2.29. The van der Waals surface area contributed by atoms with Crippen LogP contribution in [0.15, 0.2) is 18.2 Å². The molecule has 4 N–H and O–H groups in total. The van der Waals surface area contributed by atoms with Gasteiger partial charge >= 0.3 is 0 Å². The van der Waals surface area contributed by atoms with E-state index in [-0.39, 0.29) is 17.2 Å². The van der Waals surface area contributed by atoms with Crippen LogP contribution >= 0.6 is 0 Å². The Bertz CT molecular complexity index is 535. The SMILES string of the molecule is COc1ccc(NC(C)=O)cc1NC(=O)C(N)C(C)(C)C. The van der Waals surface area contributed by atoms with Gasteiger partial charge in [-0.2, -0.15) is 0 Å². The first-order chi connectivity index (χ1) is 9.65. The molecule has 6 nitrogen and oxygen atoms in total. The molecule has 0 fully saturated rings. The van der Waals surface area contributed by atoms with E-state index in [1.807, 2.05) is 20.8 Å². The van der Waals surface area contributed by atoms with Crippen LogP contribution in [0, 0.1) is 5.41 Å². The Hall–Kier alpha value is -2.08. The van der Waals surface area contributed by atoms with E-state index in [1.54, 1.807) is 18.2 Å². The van der Waals surface area contributed by atoms with Gasteiger partial charge in [0.25, 0.3) is 0 Å². The lowest BCUT2D eigenvalue weighted by Crippen LogP contribution is -2.45. The van der Waals surface area contributed by atoms with Crippen LogP contribution in [-0.2, 0) is 9.59 Å². The number of hydrogen-bond donors (Lipinski definition) is 3. The molecule has 21 heavy (non-hydrogen) atoms. The van der Waals surface area contributed by atoms with E-state index >= 15 is 0 Å². The molecule has 1 aromatic rings. The molecule has 1 atom stereocenters. The van der Waals surface area contributed by atoms with Crippen molar-refractivity contribution in [1.29, 1.82) is 0 Å². The highest BCUT2D eigenvalue weighted by Gasteiger charge is 2.28. The molecule has 0 spiro atoms. The van der Waals surface area contributed by atoms with Gasteiger partial charge in [0.2, 0.25) is 11.8 Å². The molecule has 0 aliphatic rings. The lowest BCUT2D eigenvalue weighted by Gasteiger charge is -2.26. The first-order valence-electron chi connectivity index (χ1n) is 6.67. The molecular formula is C15H23N3O3. The van der Waals surface area contributed by atoms with Crippen LogP contribution in [-0.4, -0.2) is 25.0 Å². The highest BCUT2D eigenvalue weighted by atomic mass is 16.5. The van der Waals surface area contributed by atoms with Crippen LogP contribution in [0.1, 0.15) is 27.7 Å². The summed E-state index contributed by atoms with van der Waals surface area (Å²) in [5, 5.41) is 5.39. The van der Waals surface area contributed by atoms with Crippen molar-refractivity contribution >= 4 is 23.2 Å². The lowest BCUT2D eigenvalue weighted by atomic mass is 9.87. The molecule has 1 aromatic carbocycles. The van der Waals surface area contributed by atoms with Gasteiger partial charge in [-0.05, 0) is 23.6 Å². The van der Waals surface area contributed by atoms with Crippen molar-refractivity contribution in [3.05, 3.63) is 18.2 Å². The van der Waals surface area contributed by atoms with Gasteiger partial charge in [-0.15, -0.1) is 0 Å². The van der Waals surface area contributed by atoms with Crippen LogP contribution in [0.5, 0.6) is 5.75 Å². The van der Waals surface area contributed by atoms with Gasteiger partial charge in [0.05, 0.1) is 18.8 Å². The number of hydrogen-bond acceptors (Lipinski definition) is 4. The fourth-order valence-corrected chi connectivity index (χ4v) is 1.69. The Kier molecular flexibility index (Phi) is 5.32. The predicted octanol–water partition coefficient (Wildman–Crippen LogP) is 1.97. The van der Waals surface area contributed by atoms with E-state index < -0.39 is 6.04 Å². The maximum atomic E-state index is 12.2. The molecule has 1 unspecified atom stereocenters. The fraction of sp³-hybridized carbons (Fsp3) is 0.467. The summed E-state index contributed by atoms with van der Waals surface area (Å²) in [5.41, 5.74) is 6.61. The molecule has 2 amide bonds. The molecule has 1 rings (SSSR count). The number of carbonyl (C=O) groups is 2. The number of anilines is 2. The summed E-state index contributed by atoms with van der Waals surface area (Å²) in [4.78, 5) is 23.3. The van der Waals surface area contributed by atoms with Crippen LogP contribution in [0.3, 0.4) is 0 Å². The van der Waals surface area contributed by atoms with Crippen LogP contribution in [0.4, 0.5) is 11.4 Å². The van der Waals surface area contributed by atoms with Crippen molar-refractivity contribution in [2.75, 3.05) is 17.7 Å². The van der Waals surface area contributed by atoms with Crippen LogP contribution in [0.2, 0.25) is 0 Å². The molecule has 0 heterocycles. The van der Waals surface area contributed by atoms with Crippen molar-refractivity contribution in [3.63, 3.8) is 0 Å². The van der Waals surface area contributed by atoms with E-state index in [0.29, 0.717) is 17.1 Å². The Morgan fingerprint density at radius 1 is 1.24 bits per heavy atom. The Labute approximate surface area is 125 Å². The first-order valence-corrected chi connectivity index (χ1v) is 6.67. The van der Waals surface area contributed by atoms with E-state index in [1.165, 1.54) is 14.0 Å². The number of amides is 2. The topological polar surface area (TPSA) is 93.5 Å². The molecule has 0 saturated carbocycles. The van der Waals surface area contributed by atoms with E-state index in [0.717, 1.165) is 0 Å². The van der Waals surface area contributed by atoms with Gasteiger partial charge in [-0.25, -0.2) is 0 Å². The zero-order chi connectivity index (χ0) is 16.2. The Balaban J connectivity index is 3.00. The molecule has 116 valence electrons. The molecule has 0 aliphatic carbocycles. The zero-order valence-corrected chi connectivity index (χ0v) is 13.1. The predicted molar refractivity (Wildman–Crippen MR) is 83.4 cm³/mol. The number of rotatable bonds is 4. The number of methoxy groups -OCH3 is 1. The largest absolute Gasteiger partial charge is 0.495 e. The summed E-state index contributed by atoms with van der Waals surface area (Å²) in [6.07, 6.45) is 0. The minimum atomic E-state index is -0.661. The average molecular weight is 293 g/mol. The third kappa shape index (κ3) is 4.75. The molecular weight excluding hydrogens is 270 g/mol. The number of benzene rings is 1. The van der Waals surface area contributed by atoms with E-state index in [2.05, 4.69) is 10.6 Å². The molecule has 0 bridgehead atoms. The van der Waals surface area contributed by atoms with E-state index in [9.17, 15) is 9.59 Å². The second kappa shape index (κ2) is 6.58. The summed E-state index contributed by atoms with van der Waals surface area (Å²) in [6.45, 7) is 7.09. The third-order valence-electron chi connectivity index (χ3n) is 2.99. The van der Waals surface area contributed by atoms with Crippen molar-refractivity contribution in [1.82, 2.24) is 0 Å². The monoisotopic (exact) mass is 293 g/mol. The van der Waals surface area contributed by atoms with Gasteiger partial charge in [-0.1, -0.05) is 20.8 Å². The van der Waals surface area contributed by atoms with Crippen molar-refractivity contribution in [2.45, 2.75) is 33.7 Å². The third-order valence-corrected chi connectivity index (χ3v) is 2.99. The minimum absolute atomic E-state index is 0.191. The van der Waals surface area contributed by atoms with E-state index in [4.69, 9.17) is 10.5 Å². The Morgan fingerprint density at radius 3 is 2.33 bits per heavy atom. The standard InChI is InChI=1S/C15H23N3O3/c1-9(19)17-10-6-7-12(21-5)11(8-10)18-14(20)13(16)15(2,3)4/h6-8,13H,16H2,1-5H3,(H,17,19)(H,18,20). The second-order valence-electron chi connectivity index (χ2n) is 5.93. The molecule has 0 saturated heterocycles. The maximum Gasteiger partial charge on any atom is 0.241 e. The average Bonchev–Trinajstić information content (AvgIpc) is 2.36. The van der Waals surface area contributed by atoms with Gasteiger partial charge < -0.3 is 21.1 Å². The lowest BCUT2D eigenvalue weighted by molar-refractivity contribution is -0.119. The Morgan fingerprint density at radius 2 is 1.86 bits per heavy atom. The second-order valence-corrected chi connectivity index (χ2v) is 5.93. The van der Waals surface area contributed by atoms with Crippen LogP contribution in [0.25, 0.3) is 0 Å². The summed E-state index contributed by atoms with van der Waals surface area (Å²) in [7, 11) is 1.51. The number of nitrogens with one attached hydrogen (secondary N) is 2.